The van der Waals surface area contributed by atoms with Crippen LogP contribution < -0.4 is 0 Å². The van der Waals surface area contributed by atoms with Crippen molar-refractivity contribution >= 4 is 21.7 Å². The predicted molar refractivity (Wildman–Crippen MR) is 71.8 cm³/mol. The Morgan fingerprint density at radius 2 is 2.12 bits per heavy atom. The van der Waals surface area contributed by atoms with Gasteiger partial charge in [0, 0.05) is 10.9 Å². The lowest BCUT2D eigenvalue weighted by atomic mass is 9.88. The molecule has 1 unspecified atom stereocenters. The van der Waals surface area contributed by atoms with Crippen LogP contribution in [-0.4, -0.2) is 5.78 Å². The lowest BCUT2D eigenvalue weighted by molar-refractivity contribution is -0.117. The van der Waals surface area contributed by atoms with Crippen LogP contribution in [0.5, 0.6) is 0 Å². The first-order valence-electron chi connectivity index (χ1n) is 5.80. The van der Waals surface area contributed by atoms with Crippen molar-refractivity contribution in [1.29, 1.82) is 0 Å². The van der Waals surface area contributed by atoms with Crippen LogP contribution in [0, 0.1) is 6.92 Å². The second kappa shape index (κ2) is 6.19. The summed E-state index contributed by atoms with van der Waals surface area (Å²) in [7, 11) is 0. The van der Waals surface area contributed by atoms with E-state index in [0.29, 0.717) is 12.3 Å². The van der Waals surface area contributed by atoms with Crippen molar-refractivity contribution in [3.8, 4) is 0 Å². The SMILES string of the molecule is CCC(CCC(C)=O)c1cccc(Br)c1C. The van der Waals surface area contributed by atoms with E-state index in [2.05, 4.69) is 48.0 Å². The summed E-state index contributed by atoms with van der Waals surface area (Å²) in [5.74, 6) is 0.785. The molecule has 0 spiro atoms. The van der Waals surface area contributed by atoms with Gasteiger partial charge in [0.05, 0.1) is 0 Å². The van der Waals surface area contributed by atoms with Gasteiger partial charge in [0.2, 0.25) is 0 Å². The molecule has 0 radical (unpaired) electrons. The van der Waals surface area contributed by atoms with E-state index < -0.39 is 0 Å². The van der Waals surface area contributed by atoms with Gasteiger partial charge in [-0.1, -0.05) is 35.0 Å². The van der Waals surface area contributed by atoms with E-state index in [1.807, 2.05) is 0 Å². The standard InChI is InChI=1S/C14H19BrO/c1-4-12(9-8-10(2)16)13-6-5-7-14(15)11(13)3/h5-7,12H,4,8-9H2,1-3H3. The Bertz CT molecular complexity index is 371. The molecular weight excluding hydrogens is 264 g/mol. The molecule has 1 aromatic carbocycles. The fourth-order valence-electron chi connectivity index (χ4n) is 2.02. The molecule has 0 heterocycles. The van der Waals surface area contributed by atoms with Gasteiger partial charge in [-0.2, -0.15) is 0 Å². The summed E-state index contributed by atoms with van der Waals surface area (Å²) >= 11 is 3.56. The van der Waals surface area contributed by atoms with Crippen LogP contribution in [0.1, 0.15) is 50.2 Å². The van der Waals surface area contributed by atoms with Gasteiger partial charge in [-0.05, 0) is 49.8 Å². The maximum Gasteiger partial charge on any atom is 0.129 e. The van der Waals surface area contributed by atoms with Gasteiger partial charge in [0.1, 0.15) is 5.78 Å². The highest BCUT2D eigenvalue weighted by atomic mass is 79.9. The number of Topliss-reactive ketones (excluding diaryl/α,β-unsaturated/α-hetero) is 1. The molecule has 1 aromatic rings. The number of rotatable bonds is 5. The molecule has 0 aliphatic rings. The Balaban J connectivity index is 2.86. The quantitative estimate of drug-likeness (QED) is 0.770. The second-order valence-electron chi connectivity index (χ2n) is 4.30. The van der Waals surface area contributed by atoms with Crippen LogP contribution in [-0.2, 0) is 4.79 Å². The Morgan fingerprint density at radius 1 is 1.44 bits per heavy atom. The highest BCUT2D eigenvalue weighted by Gasteiger charge is 2.13. The molecule has 1 atom stereocenters. The Morgan fingerprint density at radius 3 is 2.69 bits per heavy atom. The molecule has 16 heavy (non-hydrogen) atoms. The molecule has 0 saturated carbocycles. The molecule has 1 nitrogen and oxygen atoms in total. The summed E-state index contributed by atoms with van der Waals surface area (Å²) in [5, 5.41) is 0. The number of halogens is 1. The molecule has 0 N–H and O–H groups in total. The number of carbonyl (C=O) groups excluding carboxylic acids is 1. The Hall–Kier alpha value is -0.630. The monoisotopic (exact) mass is 282 g/mol. The molecule has 0 aromatic heterocycles. The average molecular weight is 283 g/mol. The van der Waals surface area contributed by atoms with Crippen molar-refractivity contribution in [2.45, 2.75) is 46.0 Å². The maximum absolute atomic E-state index is 11.0. The zero-order chi connectivity index (χ0) is 12.1. The molecule has 0 bridgehead atoms. The zero-order valence-corrected chi connectivity index (χ0v) is 11.8. The number of carbonyl (C=O) groups is 1. The summed E-state index contributed by atoms with van der Waals surface area (Å²) in [4.78, 5) is 11.0. The highest BCUT2D eigenvalue weighted by molar-refractivity contribution is 9.10. The first-order chi connectivity index (χ1) is 7.56. The van der Waals surface area contributed by atoms with E-state index in [1.54, 1.807) is 6.92 Å². The van der Waals surface area contributed by atoms with E-state index in [4.69, 9.17) is 0 Å². The van der Waals surface area contributed by atoms with Crippen LogP contribution in [0.15, 0.2) is 22.7 Å². The third kappa shape index (κ3) is 3.44. The fraction of sp³-hybridized carbons (Fsp3) is 0.500. The summed E-state index contributed by atoms with van der Waals surface area (Å²) in [6.07, 6.45) is 2.73. The molecule has 0 amide bonds. The molecule has 2 heteroatoms. The van der Waals surface area contributed by atoms with Crippen molar-refractivity contribution in [2.75, 3.05) is 0 Å². The normalized spacial score (nSPS) is 12.5. The number of ketones is 1. The number of hydrogen-bond acceptors (Lipinski definition) is 1. The lowest BCUT2D eigenvalue weighted by Gasteiger charge is -2.18. The van der Waals surface area contributed by atoms with Gasteiger partial charge in [-0.25, -0.2) is 0 Å². The Kier molecular flexibility index (Phi) is 5.20. The minimum absolute atomic E-state index is 0.283. The van der Waals surface area contributed by atoms with E-state index in [-0.39, 0.29) is 5.78 Å². The zero-order valence-electron chi connectivity index (χ0n) is 10.2. The smallest absolute Gasteiger partial charge is 0.129 e. The summed E-state index contributed by atoms with van der Waals surface area (Å²) in [6, 6.07) is 6.31. The lowest BCUT2D eigenvalue weighted by Crippen LogP contribution is -2.03. The van der Waals surface area contributed by atoms with E-state index in [1.165, 1.54) is 11.1 Å². The average Bonchev–Trinajstić information content (AvgIpc) is 2.24. The van der Waals surface area contributed by atoms with Gasteiger partial charge < -0.3 is 4.79 Å². The van der Waals surface area contributed by atoms with Crippen LogP contribution >= 0.6 is 15.9 Å². The molecule has 0 aliphatic carbocycles. The summed E-state index contributed by atoms with van der Waals surface area (Å²) in [6.45, 7) is 5.99. The van der Waals surface area contributed by atoms with Crippen LogP contribution in [0.3, 0.4) is 0 Å². The van der Waals surface area contributed by atoms with Crippen molar-refractivity contribution in [2.24, 2.45) is 0 Å². The van der Waals surface area contributed by atoms with E-state index >= 15 is 0 Å². The van der Waals surface area contributed by atoms with E-state index in [9.17, 15) is 4.79 Å². The van der Waals surface area contributed by atoms with Gasteiger partial charge in [0.15, 0.2) is 0 Å². The summed E-state index contributed by atoms with van der Waals surface area (Å²) < 4.78 is 1.16. The molecule has 1 rings (SSSR count). The maximum atomic E-state index is 11.0. The van der Waals surface area contributed by atoms with Crippen LogP contribution in [0.25, 0.3) is 0 Å². The van der Waals surface area contributed by atoms with Gasteiger partial charge in [0.25, 0.3) is 0 Å². The molecule has 0 fully saturated rings. The Labute approximate surface area is 106 Å². The van der Waals surface area contributed by atoms with Crippen LogP contribution in [0.2, 0.25) is 0 Å². The number of benzene rings is 1. The molecule has 0 aliphatic heterocycles. The minimum Gasteiger partial charge on any atom is -0.300 e. The minimum atomic E-state index is 0.283. The van der Waals surface area contributed by atoms with Crippen molar-refractivity contribution in [3.63, 3.8) is 0 Å². The third-order valence-electron chi connectivity index (χ3n) is 3.09. The van der Waals surface area contributed by atoms with Crippen molar-refractivity contribution in [3.05, 3.63) is 33.8 Å². The summed E-state index contributed by atoms with van der Waals surface area (Å²) in [5.41, 5.74) is 2.68. The predicted octanol–water partition coefficient (Wildman–Crippen LogP) is 4.62. The molecule has 88 valence electrons. The first-order valence-corrected chi connectivity index (χ1v) is 6.60. The topological polar surface area (TPSA) is 17.1 Å². The third-order valence-corrected chi connectivity index (χ3v) is 3.95. The largest absolute Gasteiger partial charge is 0.300 e. The van der Waals surface area contributed by atoms with Crippen molar-refractivity contribution < 1.29 is 4.79 Å². The van der Waals surface area contributed by atoms with Gasteiger partial charge in [-0.15, -0.1) is 0 Å². The van der Waals surface area contributed by atoms with Gasteiger partial charge >= 0.3 is 0 Å². The van der Waals surface area contributed by atoms with Crippen molar-refractivity contribution in [1.82, 2.24) is 0 Å². The van der Waals surface area contributed by atoms with E-state index in [0.717, 1.165) is 17.3 Å². The first kappa shape index (κ1) is 13.4. The molecular formula is C14H19BrO. The number of hydrogen-bond donors (Lipinski definition) is 0. The fourth-order valence-corrected chi connectivity index (χ4v) is 2.40. The second-order valence-corrected chi connectivity index (χ2v) is 5.15. The molecule has 0 saturated heterocycles. The highest BCUT2D eigenvalue weighted by Crippen LogP contribution is 2.30. The van der Waals surface area contributed by atoms with Crippen LogP contribution in [0.4, 0.5) is 0 Å². The van der Waals surface area contributed by atoms with Gasteiger partial charge in [-0.3, -0.25) is 0 Å².